The van der Waals surface area contributed by atoms with Crippen molar-refractivity contribution in [1.29, 1.82) is 0 Å². The molecule has 1 aromatic carbocycles. The Morgan fingerprint density at radius 3 is 2.27 bits per heavy atom. The first-order valence-electron chi connectivity index (χ1n) is 9.96. The maximum absolute atomic E-state index is 13.0. The molecule has 0 radical (unpaired) electrons. The van der Waals surface area contributed by atoms with Gasteiger partial charge in [0.15, 0.2) is 6.04 Å². The van der Waals surface area contributed by atoms with Crippen LogP contribution in [0.3, 0.4) is 0 Å². The van der Waals surface area contributed by atoms with Crippen LogP contribution in [0.15, 0.2) is 46.8 Å². The molecule has 0 bridgehead atoms. The van der Waals surface area contributed by atoms with Gasteiger partial charge in [0.2, 0.25) is 0 Å². The molecule has 1 N–H and O–H groups in total. The van der Waals surface area contributed by atoms with Crippen LogP contribution in [-0.4, -0.2) is 40.1 Å². The minimum atomic E-state index is -1.24. The Bertz CT molecular complexity index is 1040. The van der Waals surface area contributed by atoms with E-state index in [4.69, 9.17) is 9.47 Å². The van der Waals surface area contributed by atoms with E-state index < -0.39 is 29.1 Å². The molecule has 0 fully saturated rings. The fraction of sp³-hybridized carbons (Fsp3) is 0.409. The monoisotopic (exact) mass is 413 g/mol. The van der Waals surface area contributed by atoms with Gasteiger partial charge in [-0.25, -0.2) is 19.0 Å². The first kappa shape index (κ1) is 21.4. The van der Waals surface area contributed by atoms with E-state index in [9.17, 15) is 14.4 Å². The van der Waals surface area contributed by atoms with Gasteiger partial charge in [-0.2, -0.15) is 0 Å². The van der Waals surface area contributed by atoms with Crippen molar-refractivity contribution in [3.05, 3.63) is 52.3 Å². The fourth-order valence-corrected chi connectivity index (χ4v) is 3.44. The zero-order valence-corrected chi connectivity index (χ0v) is 17.9. The molecule has 0 spiro atoms. The van der Waals surface area contributed by atoms with E-state index in [0.717, 1.165) is 5.56 Å². The molecule has 1 aliphatic heterocycles. The standard InChI is InChI=1S/C22H27N3O5/c1-6-29-20(27)17-18(21(28)30-7-2)25-16(26)13-15(14-11-9-8-10-12-14)24(25)19(17)23-22(3,4)5/h8-13,18,23H,6-7H2,1-5H3. The number of carbonyl (C=O) groups excluding carboxylic acids is 2. The molecule has 8 heteroatoms. The summed E-state index contributed by atoms with van der Waals surface area (Å²) in [5.41, 5.74) is 0.505. The highest BCUT2D eigenvalue weighted by Gasteiger charge is 2.45. The zero-order chi connectivity index (χ0) is 22.1. The van der Waals surface area contributed by atoms with Gasteiger partial charge in [0.1, 0.15) is 11.4 Å². The average molecular weight is 413 g/mol. The quantitative estimate of drug-likeness (QED) is 0.732. The lowest BCUT2D eigenvalue weighted by Gasteiger charge is -2.25. The van der Waals surface area contributed by atoms with Gasteiger partial charge in [-0.15, -0.1) is 0 Å². The molecule has 30 heavy (non-hydrogen) atoms. The summed E-state index contributed by atoms with van der Waals surface area (Å²) in [6, 6.07) is 9.52. The highest BCUT2D eigenvalue weighted by atomic mass is 16.5. The van der Waals surface area contributed by atoms with Crippen molar-refractivity contribution in [2.45, 2.75) is 46.2 Å². The minimum absolute atomic E-state index is 0.0557. The van der Waals surface area contributed by atoms with Crippen LogP contribution in [-0.2, 0) is 19.1 Å². The van der Waals surface area contributed by atoms with Crippen LogP contribution < -0.4 is 10.9 Å². The van der Waals surface area contributed by atoms with Crippen LogP contribution in [0.5, 0.6) is 0 Å². The summed E-state index contributed by atoms with van der Waals surface area (Å²) in [7, 11) is 0. The molecule has 1 aliphatic rings. The van der Waals surface area contributed by atoms with E-state index in [1.54, 1.807) is 18.5 Å². The molecular weight excluding hydrogens is 386 g/mol. The number of benzene rings is 1. The van der Waals surface area contributed by atoms with E-state index in [1.807, 2.05) is 51.1 Å². The van der Waals surface area contributed by atoms with E-state index in [-0.39, 0.29) is 18.8 Å². The number of nitrogens with one attached hydrogen (secondary N) is 1. The van der Waals surface area contributed by atoms with Gasteiger partial charge < -0.3 is 14.8 Å². The van der Waals surface area contributed by atoms with Gasteiger partial charge in [0.05, 0.1) is 18.9 Å². The molecule has 2 heterocycles. The lowest BCUT2D eigenvalue weighted by atomic mass is 10.1. The van der Waals surface area contributed by atoms with E-state index in [0.29, 0.717) is 11.5 Å². The number of rotatable bonds is 6. The van der Waals surface area contributed by atoms with Crippen LogP contribution in [0.4, 0.5) is 0 Å². The summed E-state index contributed by atoms with van der Waals surface area (Å²) in [5, 5.41) is 3.29. The molecule has 0 aliphatic carbocycles. The highest BCUT2D eigenvalue weighted by Crippen LogP contribution is 2.36. The van der Waals surface area contributed by atoms with Gasteiger partial charge >= 0.3 is 11.9 Å². The first-order valence-corrected chi connectivity index (χ1v) is 9.96. The molecule has 0 saturated carbocycles. The normalized spacial score (nSPS) is 15.7. The predicted octanol–water partition coefficient (Wildman–Crippen LogP) is 2.55. The van der Waals surface area contributed by atoms with E-state index in [2.05, 4.69) is 5.32 Å². The van der Waals surface area contributed by atoms with Crippen molar-refractivity contribution < 1.29 is 19.1 Å². The van der Waals surface area contributed by atoms with Crippen molar-refractivity contribution in [3.63, 3.8) is 0 Å². The van der Waals surface area contributed by atoms with Crippen molar-refractivity contribution in [2.24, 2.45) is 0 Å². The summed E-state index contributed by atoms with van der Waals surface area (Å²) < 4.78 is 13.3. The smallest absolute Gasteiger partial charge is 0.340 e. The van der Waals surface area contributed by atoms with Crippen molar-refractivity contribution in [2.75, 3.05) is 13.2 Å². The topological polar surface area (TPSA) is 91.6 Å². The summed E-state index contributed by atoms with van der Waals surface area (Å²) in [4.78, 5) is 38.8. The Morgan fingerprint density at radius 2 is 1.70 bits per heavy atom. The number of carbonyl (C=O) groups is 2. The molecule has 2 aromatic rings. The average Bonchev–Trinajstić information content (AvgIpc) is 3.18. The number of fused-ring (bicyclic) bond motifs is 1. The zero-order valence-electron chi connectivity index (χ0n) is 17.9. The number of esters is 2. The number of aromatic nitrogens is 2. The minimum Gasteiger partial charge on any atom is -0.464 e. The summed E-state index contributed by atoms with van der Waals surface area (Å²) >= 11 is 0. The number of hydrogen-bond donors (Lipinski definition) is 1. The summed E-state index contributed by atoms with van der Waals surface area (Å²) in [5.74, 6) is -1.02. The van der Waals surface area contributed by atoms with Crippen LogP contribution in [0.25, 0.3) is 17.1 Å². The molecule has 1 aromatic heterocycles. The van der Waals surface area contributed by atoms with Gasteiger partial charge in [-0.1, -0.05) is 30.3 Å². The molecule has 3 rings (SSSR count). The van der Waals surface area contributed by atoms with Crippen LogP contribution in [0, 0.1) is 0 Å². The highest BCUT2D eigenvalue weighted by molar-refractivity contribution is 6.03. The van der Waals surface area contributed by atoms with E-state index >= 15 is 0 Å². The second-order valence-corrected chi connectivity index (χ2v) is 7.90. The molecule has 0 amide bonds. The van der Waals surface area contributed by atoms with Gasteiger partial charge in [-0.05, 0) is 34.6 Å². The number of ether oxygens (including phenoxy) is 2. The molecule has 160 valence electrons. The van der Waals surface area contributed by atoms with E-state index in [1.165, 1.54) is 10.7 Å². The third-order valence-corrected chi connectivity index (χ3v) is 4.48. The second kappa shape index (κ2) is 8.22. The van der Waals surface area contributed by atoms with Crippen LogP contribution in [0.2, 0.25) is 0 Å². The lowest BCUT2D eigenvalue weighted by Crippen LogP contribution is -2.37. The Balaban J connectivity index is 2.34. The van der Waals surface area contributed by atoms with Crippen LogP contribution in [0.1, 0.15) is 40.7 Å². The maximum atomic E-state index is 13.0. The number of hydrogen-bond acceptors (Lipinski definition) is 6. The summed E-state index contributed by atoms with van der Waals surface area (Å²) in [6.45, 7) is 9.39. The Hall–Kier alpha value is -3.29. The molecule has 1 unspecified atom stereocenters. The van der Waals surface area contributed by atoms with Gasteiger partial charge in [-0.3, -0.25) is 4.79 Å². The Labute approximate surface area is 175 Å². The third-order valence-electron chi connectivity index (χ3n) is 4.48. The van der Waals surface area contributed by atoms with Gasteiger partial charge in [0.25, 0.3) is 5.56 Å². The molecule has 1 atom stereocenters. The predicted molar refractivity (Wildman–Crippen MR) is 113 cm³/mol. The third kappa shape index (κ3) is 3.90. The van der Waals surface area contributed by atoms with Crippen molar-refractivity contribution in [3.8, 4) is 11.3 Å². The van der Waals surface area contributed by atoms with Crippen molar-refractivity contribution in [1.82, 2.24) is 14.7 Å². The lowest BCUT2D eigenvalue weighted by molar-refractivity contribution is -0.149. The molecular formula is C22H27N3O5. The largest absolute Gasteiger partial charge is 0.464 e. The molecule has 8 nitrogen and oxygen atoms in total. The van der Waals surface area contributed by atoms with Crippen LogP contribution >= 0.6 is 0 Å². The Morgan fingerprint density at radius 1 is 1.07 bits per heavy atom. The summed E-state index contributed by atoms with van der Waals surface area (Å²) in [6.07, 6.45) is 0. The maximum Gasteiger partial charge on any atom is 0.340 e. The number of nitrogens with zero attached hydrogens (tertiary/aromatic N) is 2. The second-order valence-electron chi connectivity index (χ2n) is 7.90. The van der Waals surface area contributed by atoms with Gasteiger partial charge in [0, 0.05) is 17.2 Å². The molecule has 0 saturated heterocycles. The SMILES string of the molecule is CCOC(=O)C1=C(NC(C)(C)C)n2c(-c3ccccc3)cc(=O)n2C1C(=O)OCC. The van der Waals surface area contributed by atoms with Crippen molar-refractivity contribution >= 4 is 17.8 Å². The Kier molecular flexibility index (Phi) is 5.87. The first-order chi connectivity index (χ1) is 14.2. The fourth-order valence-electron chi connectivity index (χ4n) is 3.44.